The van der Waals surface area contributed by atoms with E-state index in [1.54, 1.807) is 26.0 Å². The third-order valence-electron chi connectivity index (χ3n) is 3.31. The van der Waals surface area contributed by atoms with E-state index in [1.165, 1.54) is 24.5 Å². The van der Waals surface area contributed by atoms with Crippen LogP contribution in [0, 0.1) is 0 Å². The number of nitrogens with zero attached hydrogens (tertiary/aromatic N) is 1. The number of carbonyl (C=O) groups excluding carboxylic acids is 2. The number of amides is 1. The number of halogens is 4. The zero-order chi connectivity index (χ0) is 20.0. The lowest BCUT2D eigenvalue weighted by Gasteiger charge is -2.25. The van der Waals surface area contributed by atoms with E-state index >= 15 is 0 Å². The molecule has 10 heteroatoms. The molecular formula is C18H18Cl4N2O4. The van der Waals surface area contributed by atoms with Crippen LogP contribution in [-0.2, 0) is 9.53 Å². The number of carbonyl (C=O) groups is 2. The van der Waals surface area contributed by atoms with Crippen LogP contribution < -0.4 is 10.1 Å². The number of ether oxygens (including phenoxy) is 2. The monoisotopic (exact) mass is 466 g/mol. The zero-order valence-corrected chi connectivity index (χ0v) is 18.1. The van der Waals surface area contributed by atoms with E-state index in [0.717, 1.165) is 0 Å². The third kappa shape index (κ3) is 7.36. The molecule has 152 valence electrons. The summed E-state index contributed by atoms with van der Waals surface area (Å²) in [6.07, 6.45) is 3.04. The highest BCUT2D eigenvalue weighted by atomic mass is 35.5. The minimum Gasteiger partial charge on any atom is -0.480 e. The first kappa shape index (κ1) is 24.3. The number of nitrogens with one attached hydrogen (secondary N) is 1. The maximum atomic E-state index is 12.2. The fourth-order valence-corrected chi connectivity index (χ4v) is 2.56. The topological polar surface area (TPSA) is 77.5 Å². The van der Waals surface area contributed by atoms with Gasteiger partial charge in [0.25, 0.3) is 5.91 Å². The smallest absolute Gasteiger partial charge is 0.344 e. The van der Waals surface area contributed by atoms with Gasteiger partial charge in [-0.25, -0.2) is 4.79 Å². The predicted molar refractivity (Wildman–Crippen MR) is 111 cm³/mol. The molecule has 1 amide bonds. The number of benzene rings is 1. The highest BCUT2D eigenvalue weighted by Crippen LogP contribution is 2.33. The normalized spacial score (nSPS) is 10.6. The van der Waals surface area contributed by atoms with Gasteiger partial charge in [0.05, 0.1) is 20.6 Å². The maximum absolute atomic E-state index is 12.2. The van der Waals surface area contributed by atoms with Gasteiger partial charge < -0.3 is 14.8 Å². The Morgan fingerprint density at radius 3 is 2.32 bits per heavy atom. The van der Waals surface area contributed by atoms with E-state index in [1.807, 2.05) is 0 Å². The average molecular weight is 468 g/mol. The molecule has 6 nitrogen and oxygen atoms in total. The molecule has 0 bridgehead atoms. The largest absolute Gasteiger partial charge is 0.480 e. The second kappa shape index (κ2) is 10.7. The molecular weight excluding hydrogens is 450 g/mol. The molecule has 1 heterocycles. The molecule has 0 saturated carbocycles. The average Bonchev–Trinajstić information content (AvgIpc) is 2.62. The molecule has 1 aromatic heterocycles. The second-order valence-electron chi connectivity index (χ2n) is 6.22. The highest BCUT2D eigenvalue weighted by molar-refractivity contribution is 6.43. The van der Waals surface area contributed by atoms with Gasteiger partial charge in [-0.05, 0) is 32.0 Å². The molecule has 0 aliphatic carbocycles. The van der Waals surface area contributed by atoms with Gasteiger partial charge in [0, 0.05) is 24.0 Å². The standard InChI is InChI=1S/C18H17Cl3N2O4.ClH/c1-18(2,23-17(25)11-3-5-22-6-4-11)10-27-16(24)9-26-15-8-13(20)12(19)7-14(15)21;/h3-8H,9-10H2,1-2H3,(H,23,25);1H. The number of rotatable bonds is 7. The second-order valence-corrected chi connectivity index (χ2v) is 7.44. The van der Waals surface area contributed by atoms with Crippen molar-refractivity contribution >= 4 is 59.1 Å². The van der Waals surface area contributed by atoms with E-state index in [2.05, 4.69) is 10.3 Å². The van der Waals surface area contributed by atoms with Gasteiger partial charge in [0.15, 0.2) is 6.61 Å². The van der Waals surface area contributed by atoms with Crippen molar-refractivity contribution in [3.05, 3.63) is 57.3 Å². The third-order valence-corrected chi connectivity index (χ3v) is 4.33. The van der Waals surface area contributed by atoms with Crippen LogP contribution in [-0.4, -0.2) is 35.6 Å². The van der Waals surface area contributed by atoms with Crippen LogP contribution >= 0.6 is 47.2 Å². The minimum atomic E-state index is -0.781. The Morgan fingerprint density at radius 1 is 1.07 bits per heavy atom. The predicted octanol–water partition coefficient (Wildman–Crippen LogP) is 4.59. The molecule has 2 aromatic rings. The van der Waals surface area contributed by atoms with Crippen molar-refractivity contribution in [1.29, 1.82) is 0 Å². The summed E-state index contributed by atoms with van der Waals surface area (Å²) in [5.41, 5.74) is -0.320. The molecule has 1 aromatic carbocycles. The molecule has 0 atom stereocenters. The van der Waals surface area contributed by atoms with E-state index < -0.39 is 11.5 Å². The maximum Gasteiger partial charge on any atom is 0.344 e. The first-order valence-electron chi connectivity index (χ1n) is 7.83. The Kier molecular flexibility index (Phi) is 9.30. The van der Waals surface area contributed by atoms with Crippen molar-refractivity contribution in [3.63, 3.8) is 0 Å². The van der Waals surface area contributed by atoms with Gasteiger partial charge in [0.2, 0.25) is 0 Å². The highest BCUT2D eigenvalue weighted by Gasteiger charge is 2.23. The van der Waals surface area contributed by atoms with Crippen LogP contribution in [0.2, 0.25) is 15.1 Å². The molecule has 0 fully saturated rings. The van der Waals surface area contributed by atoms with E-state index in [9.17, 15) is 9.59 Å². The van der Waals surface area contributed by atoms with Crippen molar-refractivity contribution in [2.45, 2.75) is 19.4 Å². The number of hydrogen-bond acceptors (Lipinski definition) is 5. The Morgan fingerprint density at radius 2 is 1.68 bits per heavy atom. The van der Waals surface area contributed by atoms with Crippen molar-refractivity contribution in [3.8, 4) is 5.75 Å². The van der Waals surface area contributed by atoms with Crippen LogP contribution in [0.4, 0.5) is 0 Å². The summed E-state index contributed by atoms with van der Waals surface area (Å²) in [6, 6.07) is 6.01. The Labute approximate surface area is 183 Å². The summed E-state index contributed by atoms with van der Waals surface area (Å²) in [4.78, 5) is 27.9. The first-order chi connectivity index (χ1) is 12.7. The summed E-state index contributed by atoms with van der Waals surface area (Å²) < 4.78 is 10.5. The zero-order valence-electron chi connectivity index (χ0n) is 15.0. The van der Waals surface area contributed by atoms with Crippen LogP contribution in [0.25, 0.3) is 0 Å². The van der Waals surface area contributed by atoms with Gasteiger partial charge in [-0.3, -0.25) is 9.78 Å². The van der Waals surface area contributed by atoms with E-state index in [-0.39, 0.29) is 52.3 Å². The molecule has 0 radical (unpaired) electrons. The fourth-order valence-electron chi connectivity index (χ4n) is 1.97. The minimum absolute atomic E-state index is 0. The number of esters is 1. The number of aromatic nitrogens is 1. The summed E-state index contributed by atoms with van der Waals surface area (Å²) in [6.45, 7) is 3.05. The van der Waals surface area contributed by atoms with E-state index in [4.69, 9.17) is 44.3 Å². The molecule has 28 heavy (non-hydrogen) atoms. The van der Waals surface area contributed by atoms with Gasteiger partial charge in [0.1, 0.15) is 12.4 Å². The van der Waals surface area contributed by atoms with E-state index in [0.29, 0.717) is 5.56 Å². The SMILES string of the molecule is CC(C)(COC(=O)COc1cc(Cl)c(Cl)cc1Cl)NC(=O)c1ccncc1.Cl. The van der Waals surface area contributed by atoms with Crippen molar-refractivity contribution in [2.24, 2.45) is 0 Å². The van der Waals surface area contributed by atoms with Crippen LogP contribution in [0.3, 0.4) is 0 Å². The van der Waals surface area contributed by atoms with Crippen molar-refractivity contribution in [1.82, 2.24) is 10.3 Å². The Balaban J connectivity index is 0.00000392. The molecule has 1 N–H and O–H groups in total. The Bertz CT molecular complexity index is 832. The number of pyridine rings is 1. The fraction of sp³-hybridized carbons (Fsp3) is 0.278. The first-order valence-corrected chi connectivity index (χ1v) is 8.97. The van der Waals surface area contributed by atoms with Crippen LogP contribution in [0.15, 0.2) is 36.7 Å². The molecule has 0 spiro atoms. The summed E-state index contributed by atoms with van der Waals surface area (Å²) in [5, 5.41) is 3.55. The van der Waals surface area contributed by atoms with Crippen molar-refractivity contribution in [2.75, 3.05) is 13.2 Å². The quantitative estimate of drug-likeness (QED) is 0.475. The molecule has 0 unspecified atom stereocenters. The molecule has 0 saturated heterocycles. The van der Waals surface area contributed by atoms with Gasteiger partial charge >= 0.3 is 5.97 Å². The number of hydrogen-bond donors (Lipinski definition) is 1. The molecule has 0 aliphatic rings. The van der Waals surface area contributed by atoms with Crippen LogP contribution in [0.1, 0.15) is 24.2 Å². The molecule has 0 aliphatic heterocycles. The lowest BCUT2D eigenvalue weighted by molar-refractivity contribution is -0.147. The summed E-state index contributed by atoms with van der Waals surface area (Å²) >= 11 is 17.7. The van der Waals surface area contributed by atoms with Gasteiger partial charge in [-0.15, -0.1) is 12.4 Å². The van der Waals surface area contributed by atoms with Crippen molar-refractivity contribution < 1.29 is 19.1 Å². The van der Waals surface area contributed by atoms with Gasteiger partial charge in [-0.1, -0.05) is 34.8 Å². The summed E-state index contributed by atoms with van der Waals surface area (Å²) in [7, 11) is 0. The molecule has 2 rings (SSSR count). The lowest BCUT2D eigenvalue weighted by atomic mass is 10.1. The lowest BCUT2D eigenvalue weighted by Crippen LogP contribution is -2.47. The van der Waals surface area contributed by atoms with Gasteiger partial charge in [-0.2, -0.15) is 0 Å². The Hall–Kier alpha value is -1.73. The van der Waals surface area contributed by atoms with Crippen LogP contribution in [0.5, 0.6) is 5.75 Å². The summed E-state index contributed by atoms with van der Waals surface area (Å²) in [5.74, 6) is -0.700.